The molecule has 0 saturated carbocycles. The zero-order chi connectivity index (χ0) is 10.2. The van der Waals surface area contributed by atoms with Gasteiger partial charge < -0.3 is 0 Å². The molecule has 1 rings (SSSR count). The number of rotatable bonds is 1. The van der Waals surface area contributed by atoms with Gasteiger partial charge in [-0.1, -0.05) is 0 Å². The topological polar surface area (TPSA) is 75.6 Å². The Balaban J connectivity index is 3.29. The van der Waals surface area contributed by atoms with Crippen molar-refractivity contribution in [3.05, 3.63) is 11.3 Å². The molecule has 0 unspecified atom stereocenters. The number of nitrogens with zero attached hydrogens (tertiary/aromatic N) is 1. The molecule has 1 N–H and O–H groups in total. The Hall–Kier alpha value is -1.17. The number of carbonyl (C=O) groups is 1. The van der Waals surface area contributed by atoms with Crippen molar-refractivity contribution < 1.29 is 13.2 Å². The van der Waals surface area contributed by atoms with Crippen molar-refractivity contribution in [2.45, 2.75) is 20.8 Å². The highest BCUT2D eigenvalue weighted by Gasteiger charge is 2.22. The van der Waals surface area contributed by atoms with Crippen LogP contribution in [0, 0.1) is 0 Å². The maximum absolute atomic E-state index is 11.1. The summed E-state index contributed by atoms with van der Waals surface area (Å²) in [5.41, 5.74) is 0.915. The monoisotopic (exact) mass is 202 g/mol. The van der Waals surface area contributed by atoms with E-state index in [1.54, 1.807) is 0 Å². The van der Waals surface area contributed by atoms with E-state index in [0.29, 0.717) is 11.3 Å². The molecule has 0 amide bonds. The van der Waals surface area contributed by atoms with E-state index in [1.165, 1.54) is 20.8 Å². The molecule has 1 aliphatic heterocycles. The van der Waals surface area contributed by atoms with Gasteiger partial charge in [0.1, 0.15) is 0 Å². The highest BCUT2D eigenvalue weighted by molar-refractivity contribution is 7.88. The Kier molecular flexibility index (Phi) is 2.25. The fourth-order valence-corrected chi connectivity index (χ4v) is 2.27. The highest BCUT2D eigenvalue weighted by atomic mass is 32.2. The van der Waals surface area contributed by atoms with Gasteiger partial charge >= 0.3 is 10.2 Å². The lowest BCUT2D eigenvalue weighted by atomic mass is 10.1. The van der Waals surface area contributed by atoms with Gasteiger partial charge in [-0.05, 0) is 20.8 Å². The van der Waals surface area contributed by atoms with Gasteiger partial charge in [-0.3, -0.25) is 9.52 Å². The Morgan fingerprint density at radius 3 is 2.31 bits per heavy atom. The van der Waals surface area contributed by atoms with Crippen molar-refractivity contribution in [3.8, 4) is 0 Å². The van der Waals surface area contributed by atoms with E-state index >= 15 is 0 Å². The van der Waals surface area contributed by atoms with E-state index in [4.69, 9.17) is 0 Å². The summed E-state index contributed by atoms with van der Waals surface area (Å²) in [4.78, 5) is 11.1. The van der Waals surface area contributed by atoms with Crippen LogP contribution < -0.4 is 4.72 Å². The summed E-state index contributed by atoms with van der Waals surface area (Å²) in [5.74, 6) is -0.193. The summed E-state index contributed by atoms with van der Waals surface area (Å²) in [7, 11) is -3.62. The average molecular weight is 202 g/mol. The first-order valence-corrected chi connectivity index (χ1v) is 5.09. The fourth-order valence-electron chi connectivity index (χ4n) is 1.28. The minimum atomic E-state index is -3.62. The highest BCUT2D eigenvalue weighted by Crippen LogP contribution is 2.13. The first kappa shape index (κ1) is 9.91. The third-order valence-corrected chi connectivity index (χ3v) is 2.71. The third kappa shape index (κ3) is 1.95. The molecular weight excluding hydrogens is 192 g/mol. The first-order valence-electron chi connectivity index (χ1n) is 3.65. The number of carbonyl (C=O) groups excluding carboxylic acids is 1. The van der Waals surface area contributed by atoms with Crippen molar-refractivity contribution in [3.63, 3.8) is 0 Å². The average Bonchev–Trinajstić information content (AvgIpc) is 1.78. The summed E-state index contributed by atoms with van der Waals surface area (Å²) < 4.78 is 27.5. The molecule has 0 aromatic rings. The van der Waals surface area contributed by atoms with Crippen LogP contribution in [-0.4, -0.2) is 19.9 Å². The van der Waals surface area contributed by atoms with Crippen LogP contribution in [0.3, 0.4) is 0 Å². The fraction of sp³-hybridized carbons (Fsp3) is 0.429. The van der Waals surface area contributed by atoms with E-state index in [0.717, 1.165) is 0 Å². The maximum atomic E-state index is 11.1. The molecule has 13 heavy (non-hydrogen) atoms. The van der Waals surface area contributed by atoms with Crippen LogP contribution in [0.2, 0.25) is 0 Å². The Bertz CT molecular complexity index is 417. The quantitative estimate of drug-likeness (QED) is 0.658. The van der Waals surface area contributed by atoms with Gasteiger partial charge in [-0.25, -0.2) is 0 Å². The second kappa shape index (κ2) is 2.95. The Labute approximate surface area is 76.7 Å². The maximum Gasteiger partial charge on any atom is 0.342 e. The van der Waals surface area contributed by atoms with Crippen molar-refractivity contribution >= 4 is 21.7 Å². The third-order valence-electron chi connectivity index (χ3n) is 1.63. The van der Waals surface area contributed by atoms with E-state index in [1.807, 2.05) is 0 Å². The molecule has 0 aromatic carbocycles. The van der Waals surface area contributed by atoms with Gasteiger partial charge in [0, 0.05) is 5.70 Å². The standard InChI is InChI=1S/C7H10N2O3S/c1-4-7(6(3)10)5(2)9-13(11,12)8-4/h8H,1-3H3. The second-order valence-corrected chi connectivity index (χ2v) is 4.15. The summed E-state index contributed by atoms with van der Waals surface area (Å²) in [6.07, 6.45) is 0. The van der Waals surface area contributed by atoms with E-state index in [9.17, 15) is 13.2 Å². The lowest BCUT2D eigenvalue weighted by molar-refractivity contribution is -0.113. The van der Waals surface area contributed by atoms with Crippen molar-refractivity contribution in [1.82, 2.24) is 4.72 Å². The van der Waals surface area contributed by atoms with Crippen LogP contribution in [0.5, 0.6) is 0 Å². The lowest BCUT2D eigenvalue weighted by Gasteiger charge is -2.15. The molecule has 0 saturated heterocycles. The SMILES string of the molecule is CC(=O)C1=C(C)NS(=O)(=O)N=C1C. The molecule has 0 aliphatic carbocycles. The number of nitrogens with one attached hydrogen (secondary N) is 1. The minimum absolute atomic E-state index is 0.193. The van der Waals surface area contributed by atoms with E-state index in [-0.39, 0.29) is 11.5 Å². The summed E-state index contributed by atoms with van der Waals surface area (Å²) in [6.45, 7) is 4.41. The van der Waals surface area contributed by atoms with Crippen molar-refractivity contribution in [2.24, 2.45) is 4.40 Å². The number of hydrogen-bond donors (Lipinski definition) is 1. The largest absolute Gasteiger partial charge is 0.342 e. The number of allylic oxidation sites excluding steroid dienone is 2. The molecule has 0 atom stereocenters. The Morgan fingerprint density at radius 1 is 1.38 bits per heavy atom. The van der Waals surface area contributed by atoms with Crippen LogP contribution in [0.25, 0.3) is 0 Å². The molecule has 1 heterocycles. The van der Waals surface area contributed by atoms with Gasteiger partial charge in [0.15, 0.2) is 5.78 Å². The summed E-state index contributed by atoms with van der Waals surface area (Å²) in [5, 5.41) is 0. The molecule has 0 bridgehead atoms. The van der Waals surface area contributed by atoms with Crippen LogP contribution >= 0.6 is 0 Å². The smallest absolute Gasteiger partial charge is 0.294 e. The van der Waals surface area contributed by atoms with Gasteiger partial charge in [0.2, 0.25) is 0 Å². The molecule has 6 heteroatoms. The Morgan fingerprint density at radius 2 is 1.92 bits per heavy atom. The van der Waals surface area contributed by atoms with E-state index in [2.05, 4.69) is 9.12 Å². The van der Waals surface area contributed by atoms with Crippen molar-refractivity contribution in [2.75, 3.05) is 0 Å². The lowest BCUT2D eigenvalue weighted by Crippen LogP contribution is -2.29. The second-order valence-electron chi connectivity index (χ2n) is 2.81. The zero-order valence-electron chi connectivity index (χ0n) is 7.58. The number of ketones is 1. The molecule has 0 fully saturated rings. The van der Waals surface area contributed by atoms with Crippen LogP contribution in [-0.2, 0) is 15.0 Å². The normalized spacial score (nSPS) is 20.7. The van der Waals surface area contributed by atoms with Gasteiger partial charge in [-0.15, -0.1) is 4.40 Å². The first-order chi connectivity index (χ1) is 5.83. The number of hydrogen-bond acceptors (Lipinski definition) is 3. The molecule has 0 aromatic heterocycles. The van der Waals surface area contributed by atoms with Crippen molar-refractivity contribution in [1.29, 1.82) is 0 Å². The van der Waals surface area contributed by atoms with Crippen LogP contribution in [0.15, 0.2) is 15.7 Å². The predicted molar refractivity (Wildman–Crippen MR) is 48.5 cm³/mol. The number of Topliss-reactive ketones (excluding diaryl/α,β-unsaturated/α-hetero) is 1. The van der Waals surface area contributed by atoms with Gasteiger partial charge in [-0.2, -0.15) is 8.42 Å². The van der Waals surface area contributed by atoms with E-state index < -0.39 is 10.2 Å². The zero-order valence-corrected chi connectivity index (χ0v) is 8.40. The molecule has 0 spiro atoms. The van der Waals surface area contributed by atoms with Gasteiger partial charge in [0.05, 0.1) is 11.3 Å². The molecule has 1 aliphatic rings. The molecule has 0 radical (unpaired) electrons. The minimum Gasteiger partial charge on any atom is -0.294 e. The predicted octanol–water partition coefficient (Wildman–Crippen LogP) is 0.158. The molecule has 72 valence electrons. The molecular formula is C7H10N2O3S. The summed E-state index contributed by atoms with van der Waals surface area (Å²) in [6, 6.07) is 0. The molecule has 5 nitrogen and oxygen atoms in total. The van der Waals surface area contributed by atoms with Crippen LogP contribution in [0.4, 0.5) is 0 Å². The van der Waals surface area contributed by atoms with Gasteiger partial charge in [0.25, 0.3) is 0 Å². The summed E-state index contributed by atoms with van der Waals surface area (Å²) >= 11 is 0. The van der Waals surface area contributed by atoms with Crippen LogP contribution in [0.1, 0.15) is 20.8 Å².